The van der Waals surface area contributed by atoms with Crippen LogP contribution in [0, 0.1) is 0 Å². The molecule has 4 heteroatoms. The fourth-order valence-electron chi connectivity index (χ4n) is 3.39. The van der Waals surface area contributed by atoms with Gasteiger partial charge in [0.25, 0.3) is 0 Å². The molecule has 1 aliphatic carbocycles. The van der Waals surface area contributed by atoms with Gasteiger partial charge in [-0.3, -0.25) is 9.80 Å². The quantitative estimate of drug-likeness (QED) is 0.901. The van der Waals surface area contributed by atoms with Crippen molar-refractivity contribution in [2.45, 2.75) is 44.3 Å². The third-order valence-electron chi connectivity index (χ3n) is 4.76. The van der Waals surface area contributed by atoms with E-state index in [2.05, 4.69) is 11.8 Å². The maximum atomic E-state index is 11.6. The van der Waals surface area contributed by atoms with Crippen LogP contribution in [0.5, 0.6) is 0 Å². The van der Waals surface area contributed by atoms with Gasteiger partial charge in [-0.2, -0.15) is 0 Å². The van der Waals surface area contributed by atoms with Crippen LogP contribution in [0.25, 0.3) is 0 Å². The van der Waals surface area contributed by atoms with Crippen molar-refractivity contribution in [3.05, 3.63) is 35.9 Å². The molecule has 0 aromatic heterocycles. The predicted octanol–water partition coefficient (Wildman–Crippen LogP) is 2.96. The van der Waals surface area contributed by atoms with E-state index in [1.807, 2.05) is 30.3 Å². The second-order valence-corrected chi connectivity index (χ2v) is 5.99. The average Bonchev–Trinajstić information content (AvgIpc) is 2.39. The molecule has 1 aliphatic heterocycles. The van der Waals surface area contributed by atoms with Crippen LogP contribution in [0.3, 0.4) is 0 Å². The summed E-state index contributed by atoms with van der Waals surface area (Å²) in [6.07, 6.45) is 3.03. The lowest BCUT2D eigenvalue weighted by Crippen LogP contribution is -2.59. The predicted molar refractivity (Wildman–Crippen MR) is 77.7 cm³/mol. The molecule has 1 aromatic rings. The monoisotopic (exact) mass is 274 g/mol. The van der Waals surface area contributed by atoms with E-state index >= 15 is 0 Å². The SMILES string of the molecule is CC1CN(C(=O)O)C(c2ccccc2)CN1C1CCC1. The first kappa shape index (κ1) is 13.4. The molecule has 3 rings (SSSR count). The molecule has 20 heavy (non-hydrogen) atoms. The Morgan fingerprint density at radius 3 is 2.45 bits per heavy atom. The maximum absolute atomic E-state index is 11.6. The van der Waals surface area contributed by atoms with Gasteiger partial charge in [0.15, 0.2) is 0 Å². The largest absolute Gasteiger partial charge is 0.465 e. The van der Waals surface area contributed by atoms with Gasteiger partial charge in [0.1, 0.15) is 0 Å². The van der Waals surface area contributed by atoms with Gasteiger partial charge in [0, 0.05) is 25.2 Å². The smallest absolute Gasteiger partial charge is 0.407 e. The minimum atomic E-state index is -0.807. The fraction of sp³-hybridized carbons (Fsp3) is 0.562. The number of nitrogens with zero attached hydrogens (tertiary/aromatic N) is 2. The highest BCUT2D eigenvalue weighted by molar-refractivity contribution is 5.66. The van der Waals surface area contributed by atoms with Gasteiger partial charge < -0.3 is 5.11 Å². The summed E-state index contributed by atoms with van der Waals surface area (Å²) >= 11 is 0. The molecule has 1 heterocycles. The molecule has 1 saturated heterocycles. The first-order valence-corrected chi connectivity index (χ1v) is 7.47. The van der Waals surface area contributed by atoms with Crippen LogP contribution in [0.15, 0.2) is 30.3 Å². The summed E-state index contributed by atoms with van der Waals surface area (Å²) in [5.74, 6) is 0. The van der Waals surface area contributed by atoms with E-state index in [9.17, 15) is 9.90 Å². The molecule has 2 fully saturated rings. The molecule has 4 nitrogen and oxygen atoms in total. The highest BCUT2D eigenvalue weighted by atomic mass is 16.4. The molecule has 1 amide bonds. The summed E-state index contributed by atoms with van der Waals surface area (Å²) in [6, 6.07) is 11.0. The van der Waals surface area contributed by atoms with Crippen molar-refractivity contribution in [2.75, 3.05) is 13.1 Å². The number of amides is 1. The minimum Gasteiger partial charge on any atom is -0.465 e. The first-order valence-electron chi connectivity index (χ1n) is 7.47. The van der Waals surface area contributed by atoms with E-state index in [1.54, 1.807) is 4.90 Å². The highest BCUT2D eigenvalue weighted by Crippen LogP contribution is 2.34. The Labute approximate surface area is 120 Å². The van der Waals surface area contributed by atoms with E-state index in [4.69, 9.17) is 0 Å². The zero-order valence-corrected chi connectivity index (χ0v) is 11.9. The summed E-state index contributed by atoms with van der Waals surface area (Å²) in [5, 5.41) is 9.49. The third kappa shape index (κ3) is 2.40. The number of benzene rings is 1. The molecule has 0 spiro atoms. The van der Waals surface area contributed by atoms with E-state index in [1.165, 1.54) is 19.3 Å². The van der Waals surface area contributed by atoms with Crippen LogP contribution in [0.2, 0.25) is 0 Å². The Bertz CT molecular complexity index is 473. The summed E-state index contributed by atoms with van der Waals surface area (Å²) in [6.45, 7) is 3.57. The van der Waals surface area contributed by atoms with Gasteiger partial charge in [-0.05, 0) is 25.3 Å². The molecule has 1 aromatic carbocycles. The van der Waals surface area contributed by atoms with Crippen LogP contribution in [0.4, 0.5) is 4.79 Å². The van der Waals surface area contributed by atoms with Crippen molar-refractivity contribution in [3.63, 3.8) is 0 Å². The van der Waals surface area contributed by atoms with Gasteiger partial charge in [0.2, 0.25) is 0 Å². The molecular weight excluding hydrogens is 252 g/mol. The average molecular weight is 274 g/mol. The maximum Gasteiger partial charge on any atom is 0.407 e. The summed E-state index contributed by atoms with van der Waals surface area (Å²) in [4.78, 5) is 15.7. The number of hydrogen-bond donors (Lipinski definition) is 1. The molecule has 108 valence electrons. The van der Waals surface area contributed by atoms with Gasteiger partial charge in [-0.1, -0.05) is 36.8 Å². The van der Waals surface area contributed by atoms with Gasteiger partial charge in [-0.25, -0.2) is 4.79 Å². The van der Waals surface area contributed by atoms with Crippen molar-refractivity contribution < 1.29 is 9.90 Å². The first-order chi connectivity index (χ1) is 9.66. The molecule has 0 radical (unpaired) electrons. The molecule has 1 saturated carbocycles. The van der Waals surface area contributed by atoms with Crippen LogP contribution < -0.4 is 0 Å². The normalized spacial score (nSPS) is 28.1. The number of carboxylic acid groups (broad SMARTS) is 1. The van der Waals surface area contributed by atoms with Crippen molar-refractivity contribution in [3.8, 4) is 0 Å². The van der Waals surface area contributed by atoms with E-state index in [0.29, 0.717) is 18.6 Å². The van der Waals surface area contributed by atoms with Crippen molar-refractivity contribution >= 4 is 6.09 Å². The molecule has 2 aliphatic rings. The zero-order chi connectivity index (χ0) is 14.1. The van der Waals surface area contributed by atoms with Crippen LogP contribution >= 0.6 is 0 Å². The van der Waals surface area contributed by atoms with Crippen molar-refractivity contribution in [1.82, 2.24) is 9.80 Å². The molecule has 2 unspecified atom stereocenters. The number of rotatable bonds is 2. The zero-order valence-electron chi connectivity index (χ0n) is 11.9. The molecular formula is C16H22N2O2. The lowest BCUT2D eigenvalue weighted by atomic mass is 9.88. The van der Waals surface area contributed by atoms with Gasteiger partial charge in [0.05, 0.1) is 6.04 Å². The lowest BCUT2D eigenvalue weighted by Gasteiger charge is -2.49. The molecule has 0 bridgehead atoms. The lowest BCUT2D eigenvalue weighted by molar-refractivity contribution is -0.00742. The Morgan fingerprint density at radius 1 is 1.20 bits per heavy atom. The topological polar surface area (TPSA) is 43.8 Å². The number of piperazine rings is 1. The van der Waals surface area contributed by atoms with Crippen LogP contribution in [-0.2, 0) is 0 Å². The Hall–Kier alpha value is -1.55. The second-order valence-electron chi connectivity index (χ2n) is 5.99. The van der Waals surface area contributed by atoms with E-state index < -0.39 is 6.09 Å². The van der Waals surface area contributed by atoms with Crippen LogP contribution in [-0.4, -0.2) is 46.2 Å². The fourth-order valence-corrected chi connectivity index (χ4v) is 3.39. The molecule has 2 atom stereocenters. The van der Waals surface area contributed by atoms with Crippen molar-refractivity contribution in [2.24, 2.45) is 0 Å². The Kier molecular flexibility index (Phi) is 3.66. The standard InChI is InChI=1S/C16H22N2O2/c1-12-10-18(16(19)20)15(13-6-3-2-4-7-13)11-17(12)14-8-5-9-14/h2-4,6-7,12,14-15H,5,8-11H2,1H3,(H,19,20). The minimum absolute atomic E-state index is 0.0366. The summed E-state index contributed by atoms with van der Waals surface area (Å²) in [7, 11) is 0. The summed E-state index contributed by atoms with van der Waals surface area (Å²) < 4.78 is 0. The van der Waals surface area contributed by atoms with Gasteiger partial charge >= 0.3 is 6.09 Å². The highest BCUT2D eigenvalue weighted by Gasteiger charge is 2.39. The Morgan fingerprint density at radius 2 is 1.90 bits per heavy atom. The Balaban J connectivity index is 1.84. The van der Waals surface area contributed by atoms with Gasteiger partial charge in [-0.15, -0.1) is 0 Å². The van der Waals surface area contributed by atoms with E-state index in [-0.39, 0.29) is 6.04 Å². The van der Waals surface area contributed by atoms with E-state index in [0.717, 1.165) is 12.1 Å². The number of hydrogen-bond acceptors (Lipinski definition) is 2. The number of carbonyl (C=O) groups is 1. The third-order valence-corrected chi connectivity index (χ3v) is 4.76. The second kappa shape index (κ2) is 5.44. The molecule has 1 N–H and O–H groups in total. The van der Waals surface area contributed by atoms with Crippen LogP contribution in [0.1, 0.15) is 37.8 Å². The summed E-state index contributed by atoms with van der Waals surface area (Å²) in [5.41, 5.74) is 1.10. The van der Waals surface area contributed by atoms with Crippen molar-refractivity contribution in [1.29, 1.82) is 0 Å².